The number of ketones is 1. The zero-order valence-corrected chi connectivity index (χ0v) is 10.3. The van der Waals surface area contributed by atoms with Gasteiger partial charge in [-0.2, -0.15) is 0 Å². The first-order valence-corrected chi connectivity index (χ1v) is 5.64. The fourth-order valence-corrected chi connectivity index (χ4v) is 1.61. The Morgan fingerprint density at radius 1 is 1.41 bits per heavy atom. The summed E-state index contributed by atoms with van der Waals surface area (Å²) in [6, 6.07) is 4.52. The van der Waals surface area contributed by atoms with Crippen LogP contribution in [0.5, 0.6) is 5.75 Å². The molecule has 0 aromatic heterocycles. The van der Waals surface area contributed by atoms with Crippen LogP contribution in [0.2, 0.25) is 0 Å². The van der Waals surface area contributed by atoms with Crippen molar-refractivity contribution in [1.82, 2.24) is 0 Å². The third kappa shape index (κ3) is 3.03. The van der Waals surface area contributed by atoms with Gasteiger partial charge in [0.15, 0.2) is 17.3 Å². The molecule has 0 bridgehead atoms. The van der Waals surface area contributed by atoms with Gasteiger partial charge >= 0.3 is 0 Å². The normalized spacial score (nSPS) is 12.2. The maximum atomic E-state index is 13.9. The third-order valence-corrected chi connectivity index (χ3v) is 2.48. The number of rotatable bonds is 6. The van der Waals surface area contributed by atoms with Gasteiger partial charge in [-0.3, -0.25) is 4.79 Å². The van der Waals surface area contributed by atoms with Gasteiger partial charge in [0.2, 0.25) is 0 Å². The van der Waals surface area contributed by atoms with Gasteiger partial charge in [-0.05, 0) is 25.5 Å². The van der Waals surface area contributed by atoms with Crippen LogP contribution in [-0.4, -0.2) is 25.6 Å². The topological polar surface area (TPSA) is 35.5 Å². The van der Waals surface area contributed by atoms with E-state index < -0.39 is 11.9 Å². The third-order valence-electron chi connectivity index (χ3n) is 2.48. The lowest BCUT2D eigenvalue weighted by atomic mass is 10.0. The Labute approximate surface area is 101 Å². The van der Waals surface area contributed by atoms with Crippen molar-refractivity contribution < 1.29 is 18.7 Å². The van der Waals surface area contributed by atoms with E-state index >= 15 is 0 Å². The molecule has 0 aliphatic carbocycles. The van der Waals surface area contributed by atoms with Crippen molar-refractivity contribution in [1.29, 1.82) is 0 Å². The first-order valence-electron chi connectivity index (χ1n) is 5.64. The summed E-state index contributed by atoms with van der Waals surface area (Å²) >= 11 is 0. The molecule has 0 amide bonds. The monoisotopic (exact) mass is 240 g/mol. The number of methoxy groups -OCH3 is 1. The van der Waals surface area contributed by atoms with Crippen LogP contribution in [0.4, 0.5) is 4.39 Å². The fourth-order valence-electron chi connectivity index (χ4n) is 1.61. The average molecular weight is 240 g/mol. The Morgan fingerprint density at radius 2 is 2.12 bits per heavy atom. The summed E-state index contributed by atoms with van der Waals surface area (Å²) in [6.07, 6.45) is -0.0785. The number of hydrogen-bond donors (Lipinski definition) is 0. The van der Waals surface area contributed by atoms with E-state index in [4.69, 9.17) is 9.47 Å². The molecule has 0 saturated heterocycles. The number of carbonyl (C=O) groups excluding carboxylic acids is 1. The molecule has 0 heterocycles. The van der Waals surface area contributed by atoms with Crippen molar-refractivity contribution in [3.05, 3.63) is 29.6 Å². The summed E-state index contributed by atoms with van der Waals surface area (Å²) in [4.78, 5) is 12.0. The molecule has 0 aliphatic rings. The summed E-state index contributed by atoms with van der Waals surface area (Å²) in [7, 11) is 1.37. The van der Waals surface area contributed by atoms with Gasteiger partial charge in [-0.1, -0.05) is 13.0 Å². The van der Waals surface area contributed by atoms with Crippen molar-refractivity contribution in [3.8, 4) is 5.75 Å². The molecule has 3 nitrogen and oxygen atoms in total. The van der Waals surface area contributed by atoms with E-state index in [9.17, 15) is 9.18 Å². The quantitative estimate of drug-likeness (QED) is 0.717. The average Bonchev–Trinajstić information content (AvgIpc) is 2.35. The fraction of sp³-hybridized carbons (Fsp3) is 0.462. The number of ether oxygens (including phenoxy) is 2. The Kier molecular flexibility index (Phi) is 5.10. The molecule has 1 rings (SSSR count). The lowest BCUT2D eigenvalue weighted by molar-refractivity contribution is 0.0439. The Bertz CT molecular complexity index is 390. The highest BCUT2D eigenvalue weighted by atomic mass is 19.1. The molecule has 0 N–H and O–H groups in total. The lowest BCUT2D eigenvalue weighted by Crippen LogP contribution is -2.24. The van der Waals surface area contributed by atoms with E-state index in [1.54, 1.807) is 13.0 Å². The van der Waals surface area contributed by atoms with Crippen molar-refractivity contribution in [3.63, 3.8) is 0 Å². The number of hydrogen-bond acceptors (Lipinski definition) is 3. The highest BCUT2D eigenvalue weighted by Crippen LogP contribution is 2.22. The van der Waals surface area contributed by atoms with Crippen LogP contribution >= 0.6 is 0 Å². The summed E-state index contributed by atoms with van der Waals surface area (Å²) in [5.41, 5.74) is 0.0182. The molecule has 17 heavy (non-hydrogen) atoms. The number of Topliss-reactive ketones (excluding diaryl/α,β-unsaturated/α-hetero) is 1. The van der Waals surface area contributed by atoms with Crippen LogP contribution in [0.1, 0.15) is 30.6 Å². The molecule has 1 aromatic rings. The van der Waals surface area contributed by atoms with Gasteiger partial charge in [-0.15, -0.1) is 0 Å². The maximum absolute atomic E-state index is 13.9. The van der Waals surface area contributed by atoms with Gasteiger partial charge in [0, 0.05) is 6.61 Å². The summed E-state index contributed by atoms with van der Waals surface area (Å²) < 4.78 is 24.0. The molecule has 0 fully saturated rings. The van der Waals surface area contributed by atoms with Crippen molar-refractivity contribution in [2.45, 2.75) is 26.4 Å². The van der Waals surface area contributed by atoms with E-state index in [1.807, 2.05) is 6.92 Å². The molecule has 0 spiro atoms. The smallest absolute Gasteiger partial charge is 0.194 e. The van der Waals surface area contributed by atoms with Crippen LogP contribution in [0.15, 0.2) is 18.2 Å². The minimum atomic E-state index is -0.627. The second-order valence-electron chi connectivity index (χ2n) is 3.54. The molecule has 1 aromatic carbocycles. The minimum Gasteiger partial charge on any atom is -0.494 e. The summed E-state index contributed by atoms with van der Waals surface area (Å²) in [5.74, 6) is -0.897. The number of halogens is 1. The molecule has 4 heteroatoms. The highest BCUT2D eigenvalue weighted by molar-refractivity contribution is 6.00. The van der Waals surface area contributed by atoms with Gasteiger partial charge in [0.25, 0.3) is 0 Å². The van der Waals surface area contributed by atoms with Crippen LogP contribution in [0.3, 0.4) is 0 Å². The predicted molar refractivity (Wildman–Crippen MR) is 63.0 cm³/mol. The first kappa shape index (κ1) is 13.6. The van der Waals surface area contributed by atoms with Crippen LogP contribution in [-0.2, 0) is 4.74 Å². The molecule has 1 unspecified atom stereocenters. The minimum absolute atomic E-state index is 0.0182. The first-order chi connectivity index (χ1) is 8.15. The molecule has 0 radical (unpaired) electrons. The van der Waals surface area contributed by atoms with E-state index in [2.05, 4.69) is 0 Å². The Balaban J connectivity index is 3.02. The zero-order valence-electron chi connectivity index (χ0n) is 10.3. The van der Waals surface area contributed by atoms with E-state index in [1.165, 1.54) is 19.2 Å². The molecule has 0 saturated carbocycles. The molecule has 0 aliphatic heterocycles. The number of carbonyl (C=O) groups is 1. The largest absolute Gasteiger partial charge is 0.494 e. The maximum Gasteiger partial charge on any atom is 0.194 e. The van der Waals surface area contributed by atoms with Gasteiger partial charge in [0.05, 0.1) is 12.7 Å². The van der Waals surface area contributed by atoms with Crippen LogP contribution in [0, 0.1) is 5.82 Å². The van der Waals surface area contributed by atoms with Gasteiger partial charge in [0.1, 0.15) is 6.10 Å². The Morgan fingerprint density at radius 3 is 2.65 bits per heavy atom. The second kappa shape index (κ2) is 6.35. The van der Waals surface area contributed by atoms with Crippen LogP contribution in [0.25, 0.3) is 0 Å². The second-order valence-corrected chi connectivity index (χ2v) is 3.54. The standard InChI is InChI=1S/C13H17FO3/c1-4-10(17-5-2)13(15)9-7-6-8-11(16-3)12(9)14/h6-8,10H,4-5H2,1-3H3. The van der Waals surface area contributed by atoms with Crippen molar-refractivity contribution in [2.75, 3.05) is 13.7 Å². The van der Waals surface area contributed by atoms with Crippen LogP contribution < -0.4 is 4.74 Å². The number of benzene rings is 1. The molecule has 94 valence electrons. The molecule has 1 atom stereocenters. The predicted octanol–water partition coefficient (Wildman–Crippen LogP) is 2.83. The van der Waals surface area contributed by atoms with Crippen molar-refractivity contribution in [2.24, 2.45) is 0 Å². The lowest BCUT2D eigenvalue weighted by Gasteiger charge is -2.14. The van der Waals surface area contributed by atoms with Gasteiger partial charge < -0.3 is 9.47 Å². The van der Waals surface area contributed by atoms with E-state index in [0.29, 0.717) is 13.0 Å². The Hall–Kier alpha value is -1.42. The van der Waals surface area contributed by atoms with E-state index in [0.717, 1.165) is 0 Å². The summed E-state index contributed by atoms with van der Waals surface area (Å²) in [6.45, 7) is 4.06. The van der Waals surface area contributed by atoms with Crippen molar-refractivity contribution >= 4 is 5.78 Å². The molecular formula is C13H17FO3. The zero-order chi connectivity index (χ0) is 12.8. The SMILES string of the molecule is CCOC(CC)C(=O)c1cccc(OC)c1F. The molecular weight excluding hydrogens is 223 g/mol. The highest BCUT2D eigenvalue weighted by Gasteiger charge is 2.23. The van der Waals surface area contributed by atoms with E-state index in [-0.39, 0.29) is 17.1 Å². The summed E-state index contributed by atoms with van der Waals surface area (Å²) in [5, 5.41) is 0. The van der Waals surface area contributed by atoms with Gasteiger partial charge in [-0.25, -0.2) is 4.39 Å².